The highest BCUT2D eigenvalue weighted by atomic mass is 16.5. The molecule has 2 rings (SSSR count). The lowest BCUT2D eigenvalue weighted by atomic mass is 10.0. The summed E-state index contributed by atoms with van der Waals surface area (Å²) in [7, 11) is 0. The molecule has 0 saturated carbocycles. The van der Waals surface area contributed by atoms with Gasteiger partial charge in [-0.1, -0.05) is 13.3 Å². The molecule has 1 fully saturated rings. The van der Waals surface area contributed by atoms with Crippen LogP contribution in [0, 0.1) is 5.92 Å². The van der Waals surface area contributed by atoms with Gasteiger partial charge in [0.2, 0.25) is 5.89 Å². The highest BCUT2D eigenvalue weighted by Gasteiger charge is 2.19. The smallest absolute Gasteiger partial charge is 0.266 e. The van der Waals surface area contributed by atoms with E-state index in [1.54, 1.807) is 0 Å². The SMILES string of the molecule is CCC(CN)Cc1nc(N2CCCC2)no1. The van der Waals surface area contributed by atoms with Crippen LogP contribution in [0.5, 0.6) is 0 Å². The van der Waals surface area contributed by atoms with E-state index in [1.165, 1.54) is 12.8 Å². The van der Waals surface area contributed by atoms with Crippen LogP contribution in [-0.4, -0.2) is 29.8 Å². The monoisotopic (exact) mass is 224 g/mol. The summed E-state index contributed by atoms with van der Waals surface area (Å²) >= 11 is 0. The lowest BCUT2D eigenvalue weighted by molar-refractivity contribution is 0.350. The zero-order valence-corrected chi connectivity index (χ0v) is 9.85. The average molecular weight is 224 g/mol. The Labute approximate surface area is 96.0 Å². The summed E-state index contributed by atoms with van der Waals surface area (Å²) < 4.78 is 5.25. The van der Waals surface area contributed by atoms with E-state index in [1.807, 2.05) is 0 Å². The number of anilines is 1. The van der Waals surface area contributed by atoms with Crippen LogP contribution in [0.15, 0.2) is 4.52 Å². The molecule has 1 aromatic rings. The number of aromatic nitrogens is 2. The Bertz CT molecular complexity index is 316. The molecular formula is C11H20N4O. The Morgan fingerprint density at radius 3 is 2.81 bits per heavy atom. The van der Waals surface area contributed by atoms with E-state index >= 15 is 0 Å². The molecular weight excluding hydrogens is 204 g/mol. The van der Waals surface area contributed by atoms with Crippen LogP contribution in [0.4, 0.5) is 5.95 Å². The van der Waals surface area contributed by atoms with Crippen LogP contribution in [0.1, 0.15) is 32.1 Å². The second-order valence-electron chi connectivity index (χ2n) is 4.40. The van der Waals surface area contributed by atoms with Gasteiger partial charge in [0.1, 0.15) is 0 Å². The van der Waals surface area contributed by atoms with Crippen molar-refractivity contribution in [1.29, 1.82) is 0 Å². The fourth-order valence-corrected chi connectivity index (χ4v) is 2.02. The first-order chi connectivity index (χ1) is 7.83. The van der Waals surface area contributed by atoms with E-state index in [0.29, 0.717) is 12.5 Å². The molecule has 1 aromatic heterocycles. The molecule has 1 saturated heterocycles. The lowest BCUT2D eigenvalue weighted by Crippen LogP contribution is -2.19. The number of hydrogen-bond acceptors (Lipinski definition) is 5. The second kappa shape index (κ2) is 5.30. The Morgan fingerprint density at radius 2 is 2.19 bits per heavy atom. The number of nitrogens with two attached hydrogens (primary N) is 1. The molecule has 0 bridgehead atoms. The minimum Gasteiger partial charge on any atom is -0.338 e. The molecule has 0 spiro atoms. The number of nitrogens with zero attached hydrogens (tertiary/aromatic N) is 3. The van der Waals surface area contributed by atoms with Crippen molar-refractivity contribution < 1.29 is 4.52 Å². The van der Waals surface area contributed by atoms with E-state index in [2.05, 4.69) is 22.0 Å². The third-order valence-corrected chi connectivity index (χ3v) is 3.22. The minimum atomic E-state index is 0.451. The Balaban J connectivity index is 1.96. The molecule has 0 aromatic carbocycles. The van der Waals surface area contributed by atoms with E-state index < -0.39 is 0 Å². The van der Waals surface area contributed by atoms with Crippen molar-refractivity contribution in [2.24, 2.45) is 11.7 Å². The zero-order valence-electron chi connectivity index (χ0n) is 9.85. The van der Waals surface area contributed by atoms with Gasteiger partial charge in [0, 0.05) is 19.5 Å². The fourth-order valence-electron chi connectivity index (χ4n) is 2.02. The van der Waals surface area contributed by atoms with Gasteiger partial charge in [0.15, 0.2) is 0 Å². The van der Waals surface area contributed by atoms with E-state index in [9.17, 15) is 0 Å². The Kier molecular flexibility index (Phi) is 3.77. The maximum Gasteiger partial charge on any atom is 0.266 e. The standard InChI is InChI=1S/C11H20N4O/c1-2-9(8-12)7-10-13-11(14-16-10)15-5-3-4-6-15/h9H,2-8,12H2,1H3. The molecule has 0 radical (unpaired) electrons. The van der Waals surface area contributed by atoms with Gasteiger partial charge in [-0.25, -0.2) is 0 Å². The number of hydrogen-bond donors (Lipinski definition) is 1. The maximum absolute atomic E-state index is 5.66. The molecule has 0 amide bonds. The molecule has 1 unspecified atom stereocenters. The van der Waals surface area contributed by atoms with Crippen LogP contribution in [0.2, 0.25) is 0 Å². The first-order valence-electron chi connectivity index (χ1n) is 6.11. The van der Waals surface area contributed by atoms with Crippen LogP contribution in [0.3, 0.4) is 0 Å². The molecule has 1 aliphatic heterocycles. The Hall–Kier alpha value is -1.10. The minimum absolute atomic E-state index is 0.451. The molecule has 1 aliphatic rings. The van der Waals surface area contributed by atoms with Crippen LogP contribution in [0.25, 0.3) is 0 Å². The summed E-state index contributed by atoms with van der Waals surface area (Å²) in [5, 5.41) is 4.02. The normalized spacial score (nSPS) is 18.0. The predicted molar refractivity (Wildman–Crippen MR) is 62.3 cm³/mol. The third kappa shape index (κ3) is 2.52. The topological polar surface area (TPSA) is 68.2 Å². The van der Waals surface area contributed by atoms with Gasteiger partial charge in [-0.15, -0.1) is 0 Å². The lowest BCUT2D eigenvalue weighted by Gasteiger charge is -2.10. The van der Waals surface area contributed by atoms with Gasteiger partial charge in [0.05, 0.1) is 0 Å². The molecule has 0 aliphatic carbocycles. The highest BCUT2D eigenvalue weighted by molar-refractivity contribution is 5.28. The van der Waals surface area contributed by atoms with Gasteiger partial charge in [-0.3, -0.25) is 0 Å². The average Bonchev–Trinajstić information content (AvgIpc) is 2.96. The van der Waals surface area contributed by atoms with Crippen molar-refractivity contribution in [3.63, 3.8) is 0 Å². The zero-order chi connectivity index (χ0) is 11.4. The van der Waals surface area contributed by atoms with Crippen LogP contribution >= 0.6 is 0 Å². The summed E-state index contributed by atoms with van der Waals surface area (Å²) in [6, 6.07) is 0. The van der Waals surface area contributed by atoms with Crippen molar-refractivity contribution in [2.45, 2.75) is 32.6 Å². The largest absolute Gasteiger partial charge is 0.338 e. The van der Waals surface area contributed by atoms with Gasteiger partial charge >= 0.3 is 0 Å². The first-order valence-corrected chi connectivity index (χ1v) is 6.11. The van der Waals surface area contributed by atoms with Crippen LogP contribution in [-0.2, 0) is 6.42 Å². The highest BCUT2D eigenvalue weighted by Crippen LogP contribution is 2.18. The van der Waals surface area contributed by atoms with Gasteiger partial charge < -0.3 is 15.2 Å². The fraction of sp³-hybridized carbons (Fsp3) is 0.818. The second-order valence-corrected chi connectivity index (χ2v) is 4.40. The van der Waals surface area contributed by atoms with E-state index in [-0.39, 0.29) is 0 Å². The van der Waals surface area contributed by atoms with Crippen molar-refractivity contribution in [3.05, 3.63) is 5.89 Å². The molecule has 2 heterocycles. The molecule has 1 atom stereocenters. The van der Waals surface area contributed by atoms with Gasteiger partial charge in [0.25, 0.3) is 5.95 Å². The maximum atomic E-state index is 5.66. The molecule has 2 N–H and O–H groups in total. The first kappa shape index (κ1) is 11.4. The van der Waals surface area contributed by atoms with Crippen molar-refractivity contribution in [2.75, 3.05) is 24.5 Å². The predicted octanol–water partition coefficient (Wildman–Crippen LogP) is 1.20. The third-order valence-electron chi connectivity index (χ3n) is 3.22. The van der Waals surface area contributed by atoms with Crippen LogP contribution < -0.4 is 10.6 Å². The van der Waals surface area contributed by atoms with Gasteiger partial charge in [-0.2, -0.15) is 4.98 Å². The Morgan fingerprint density at radius 1 is 1.44 bits per heavy atom. The molecule has 16 heavy (non-hydrogen) atoms. The summed E-state index contributed by atoms with van der Waals surface area (Å²) in [4.78, 5) is 6.60. The summed E-state index contributed by atoms with van der Waals surface area (Å²) in [6.45, 7) is 4.91. The summed E-state index contributed by atoms with van der Waals surface area (Å²) in [5.74, 6) is 1.92. The van der Waals surface area contributed by atoms with Crippen molar-refractivity contribution in [3.8, 4) is 0 Å². The van der Waals surface area contributed by atoms with E-state index in [4.69, 9.17) is 10.3 Å². The van der Waals surface area contributed by atoms with Crippen molar-refractivity contribution >= 4 is 5.95 Å². The summed E-state index contributed by atoms with van der Waals surface area (Å²) in [6.07, 6.45) is 4.31. The van der Waals surface area contributed by atoms with Crippen molar-refractivity contribution in [1.82, 2.24) is 10.1 Å². The van der Waals surface area contributed by atoms with E-state index in [0.717, 1.165) is 37.8 Å². The molecule has 90 valence electrons. The molecule has 5 heteroatoms. The molecule has 5 nitrogen and oxygen atoms in total. The number of rotatable bonds is 5. The van der Waals surface area contributed by atoms with Gasteiger partial charge in [-0.05, 0) is 30.5 Å². The quantitative estimate of drug-likeness (QED) is 0.813. The summed E-state index contributed by atoms with van der Waals surface area (Å²) in [5.41, 5.74) is 5.66.